The molecule has 1 aliphatic carbocycles. The third kappa shape index (κ3) is 4.66. The smallest absolute Gasteiger partial charge is 0.227 e. The maximum absolute atomic E-state index is 6.61. The lowest BCUT2D eigenvalue weighted by atomic mass is 9.82. The normalized spacial score (nSPS) is 13.1. The number of benzene rings is 8. The Hall–Kier alpha value is -6.91. The number of aromatic nitrogens is 1. The zero-order chi connectivity index (χ0) is 36.0. The number of fused-ring (bicyclic) bond motifs is 8. The van der Waals surface area contributed by atoms with Crippen molar-refractivity contribution in [2.45, 2.75) is 19.3 Å². The number of hydrogen-bond acceptors (Lipinski definition) is 4. The van der Waals surface area contributed by atoms with Crippen molar-refractivity contribution in [3.8, 4) is 33.7 Å². The maximum atomic E-state index is 6.61. The minimum Gasteiger partial charge on any atom is -0.456 e. The van der Waals surface area contributed by atoms with E-state index in [0.29, 0.717) is 5.89 Å². The van der Waals surface area contributed by atoms with Gasteiger partial charge in [0.25, 0.3) is 0 Å². The van der Waals surface area contributed by atoms with Crippen LogP contribution in [0.3, 0.4) is 0 Å². The molecule has 11 rings (SSSR count). The van der Waals surface area contributed by atoms with Crippen molar-refractivity contribution in [1.82, 2.24) is 4.98 Å². The molecule has 2 aromatic heterocycles. The van der Waals surface area contributed by atoms with Crippen LogP contribution in [0.5, 0.6) is 0 Å². The first kappa shape index (κ1) is 30.7. The fourth-order valence-corrected chi connectivity index (χ4v) is 8.57. The first-order valence-electron chi connectivity index (χ1n) is 18.4. The van der Waals surface area contributed by atoms with E-state index >= 15 is 0 Å². The molecule has 0 atom stereocenters. The summed E-state index contributed by atoms with van der Waals surface area (Å²) in [5.41, 5.74) is 14.6. The molecular formula is C50H34N2O2. The van der Waals surface area contributed by atoms with Gasteiger partial charge in [-0.25, -0.2) is 4.98 Å². The zero-order valence-corrected chi connectivity index (χ0v) is 29.9. The summed E-state index contributed by atoms with van der Waals surface area (Å²) in [6, 6.07) is 60.3. The number of rotatable bonds is 5. The second-order valence-corrected chi connectivity index (χ2v) is 14.8. The third-order valence-corrected chi connectivity index (χ3v) is 11.3. The van der Waals surface area contributed by atoms with Crippen molar-refractivity contribution in [3.05, 3.63) is 181 Å². The Morgan fingerprint density at radius 1 is 0.481 bits per heavy atom. The third-order valence-electron chi connectivity index (χ3n) is 11.3. The summed E-state index contributed by atoms with van der Waals surface area (Å²) in [6.45, 7) is 4.67. The molecule has 0 aliphatic heterocycles. The lowest BCUT2D eigenvalue weighted by molar-refractivity contribution is 0.620. The quantitative estimate of drug-likeness (QED) is 0.180. The van der Waals surface area contributed by atoms with Crippen molar-refractivity contribution in [1.29, 1.82) is 0 Å². The molecule has 4 nitrogen and oxygen atoms in total. The summed E-state index contributed by atoms with van der Waals surface area (Å²) in [5.74, 6) is 0.594. The molecule has 8 aromatic carbocycles. The van der Waals surface area contributed by atoms with Crippen molar-refractivity contribution in [3.63, 3.8) is 0 Å². The topological polar surface area (TPSA) is 42.4 Å². The van der Waals surface area contributed by atoms with Crippen LogP contribution in [0.1, 0.15) is 25.0 Å². The maximum Gasteiger partial charge on any atom is 0.227 e. The summed E-state index contributed by atoms with van der Waals surface area (Å²) < 4.78 is 13.0. The van der Waals surface area contributed by atoms with Crippen LogP contribution in [0.2, 0.25) is 0 Å². The first-order valence-corrected chi connectivity index (χ1v) is 18.4. The van der Waals surface area contributed by atoms with Crippen molar-refractivity contribution < 1.29 is 8.83 Å². The van der Waals surface area contributed by atoms with Gasteiger partial charge in [0.15, 0.2) is 5.58 Å². The molecule has 0 bridgehead atoms. The molecule has 0 fully saturated rings. The van der Waals surface area contributed by atoms with Crippen LogP contribution >= 0.6 is 0 Å². The SMILES string of the molecule is CC1(C)c2ccccc2-c2ccc(N(c3cccc(-c4ccc5ccccc5c4)c3)c3cccc4oc5cc6nc(-c7ccccc7)oc6cc5c34)cc21. The second kappa shape index (κ2) is 11.5. The van der Waals surface area contributed by atoms with Gasteiger partial charge in [-0.15, -0.1) is 0 Å². The van der Waals surface area contributed by atoms with E-state index in [1.165, 1.54) is 38.6 Å². The number of oxazole rings is 1. The minimum atomic E-state index is -0.150. The van der Waals surface area contributed by atoms with E-state index in [9.17, 15) is 0 Å². The number of anilines is 3. The molecular weight excluding hydrogens is 661 g/mol. The van der Waals surface area contributed by atoms with E-state index in [1.807, 2.05) is 36.4 Å². The van der Waals surface area contributed by atoms with E-state index in [4.69, 9.17) is 13.8 Å². The van der Waals surface area contributed by atoms with Gasteiger partial charge in [-0.2, -0.15) is 0 Å². The standard InChI is InChI=1S/C50H34N2O2/c1-50(2)41-19-9-8-18-38(41)39-25-24-37(28-42(39)50)52(36-17-10-16-34(27-36)35-23-22-31-12-6-7-15-33(31)26-35)44-20-11-21-45-48(44)40-29-47-43(30-46(40)53-45)51-49(54-47)32-13-4-3-5-14-32/h3-30H,1-2H3. The van der Waals surface area contributed by atoms with Crippen LogP contribution in [-0.4, -0.2) is 4.98 Å². The van der Waals surface area contributed by atoms with Gasteiger partial charge < -0.3 is 13.7 Å². The monoisotopic (exact) mass is 694 g/mol. The van der Waals surface area contributed by atoms with E-state index in [2.05, 4.69) is 152 Å². The van der Waals surface area contributed by atoms with Crippen LogP contribution in [0.4, 0.5) is 17.1 Å². The first-order chi connectivity index (χ1) is 26.5. The molecule has 54 heavy (non-hydrogen) atoms. The van der Waals surface area contributed by atoms with Gasteiger partial charge in [-0.1, -0.05) is 117 Å². The van der Waals surface area contributed by atoms with Gasteiger partial charge in [0.2, 0.25) is 5.89 Å². The number of nitrogens with zero attached hydrogens (tertiary/aromatic N) is 2. The summed E-state index contributed by atoms with van der Waals surface area (Å²) in [5, 5.41) is 4.46. The second-order valence-electron chi connectivity index (χ2n) is 14.8. The van der Waals surface area contributed by atoms with Crippen LogP contribution < -0.4 is 4.90 Å². The Labute approximate surface area is 312 Å². The predicted octanol–water partition coefficient (Wildman–Crippen LogP) is 14.0. The van der Waals surface area contributed by atoms with Crippen molar-refractivity contribution >= 4 is 60.9 Å². The summed E-state index contributed by atoms with van der Waals surface area (Å²) in [7, 11) is 0. The van der Waals surface area contributed by atoms with Crippen LogP contribution in [0, 0.1) is 0 Å². The Kier molecular flexibility index (Phi) is 6.56. The molecule has 0 saturated heterocycles. The van der Waals surface area contributed by atoms with Crippen LogP contribution in [-0.2, 0) is 5.41 Å². The fraction of sp³-hybridized carbons (Fsp3) is 0.0600. The molecule has 0 radical (unpaired) electrons. The van der Waals surface area contributed by atoms with E-state index in [1.54, 1.807) is 0 Å². The predicted molar refractivity (Wildman–Crippen MR) is 222 cm³/mol. The molecule has 10 aromatic rings. The van der Waals surface area contributed by atoms with E-state index in [0.717, 1.165) is 61.2 Å². The molecule has 0 N–H and O–H groups in total. The minimum absolute atomic E-state index is 0.150. The average molecular weight is 695 g/mol. The molecule has 0 saturated carbocycles. The number of furan rings is 1. The fourth-order valence-electron chi connectivity index (χ4n) is 8.57. The molecule has 4 heteroatoms. The summed E-state index contributed by atoms with van der Waals surface area (Å²) in [4.78, 5) is 7.23. The Morgan fingerprint density at radius 3 is 2.13 bits per heavy atom. The molecule has 0 spiro atoms. The number of hydrogen-bond donors (Lipinski definition) is 0. The highest BCUT2D eigenvalue weighted by Crippen LogP contribution is 2.51. The van der Waals surface area contributed by atoms with Gasteiger partial charge in [0.05, 0.1) is 11.1 Å². The Balaban J connectivity index is 1.14. The summed E-state index contributed by atoms with van der Waals surface area (Å²) >= 11 is 0. The highest BCUT2D eigenvalue weighted by molar-refractivity contribution is 6.15. The van der Waals surface area contributed by atoms with Crippen molar-refractivity contribution in [2.24, 2.45) is 0 Å². The van der Waals surface area contributed by atoms with Crippen LogP contribution in [0.15, 0.2) is 179 Å². The zero-order valence-electron chi connectivity index (χ0n) is 29.9. The van der Waals surface area contributed by atoms with Crippen molar-refractivity contribution in [2.75, 3.05) is 4.90 Å². The van der Waals surface area contributed by atoms with Gasteiger partial charge in [0.1, 0.15) is 16.7 Å². The Bertz CT molecular complexity index is 3100. The average Bonchev–Trinajstić information content (AvgIpc) is 3.87. The molecule has 0 unspecified atom stereocenters. The summed E-state index contributed by atoms with van der Waals surface area (Å²) in [6.07, 6.45) is 0. The lowest BCUT2D eigenvalue weighted by Gasteiger charge is -2.29. The highest BCUT2D eigenvalue weighted by atomic mass is 16.4. The molecule has 2 heterocycles. The highest BCUT2D eigenvalue weighted by Gasteiger charge is 2.36. The Morgan fingerprint density at radius 2 is 1.22 bits per heavy atom. The van der Waals surface area contributed by atoms with Gasteiger partial charge in [0, 0.05) is 33.8 Å². The van der Waals surface area contributed by atoms with Gasteiger partial charge in [-0.05, 0) is 105 Å². The lowest BCUT2D eigenvalue weighted by Crippen LogP contribution is -2.16. The van der Waals surface area contributed by atoms with Gasteiger partial charge >= 0.3 is 0 Å². The molecule has 256 valence electrons. The molecule has 1 aliphatic rings. The van der Waals surface area contributed by atoms with Gasteiger partial charge in [-0.3, -0.25) is 0 Å². The largest absolute Gasteiger partial charge is 0.456 e. The van der Waals surface area contributed by atoms with Crippen LogP contribution in [0.25, 0.3) is 77.5 Å². The van der Waals surface area contributed by atoms with E-state index in [-0.39, 0.29) is 5.41 Å². The molecule has 0 amide bonds. The van der Waals surface area contributed by atoms with E-state index < -0.39 is 0 Å².